The minimum atomic E-state index is -2.86. The number of carbonyl (C=O) groups is 1. The van der Waals surface area contributed by atoms with E-state index in [0.717, 1.165) is 34.9 Å². The van der Waals surface area contributed by atoms with E-state index in [1.807, 2.05) is 37.3 Å². The molecule has 28 heavy (non-hydrogen) atoms. The lowest BCUT2D eigenvalue weighted by Gasteiger charge is -2.10. The zero-order valence-corrected chi connectivity index (χ0v) is 15.4. The maximum absolute atomic E-state index is 12.5. The van der Waals surface area contributed by atoms with E-state index in [2.05, 4.69) is 15.0 Å². The van der Waals surface area contributed by atoms with Crippen molar-refractivity contribution in [3.8, 4) is 17.0 Å². The minimum Gasteiger partial charge on any atom is -0.435 e. The second-order valence-electron chi connectivity index (χ2n) is 7.10. The van der Waals surface area contributed by atoms with Crippen LogP contribution in [0.4, 0.5) is 8.78 Å². The number of carbonyl (C=O) groups excluding carboxylic acids is 1. The summed E-state index contributed by atoms with van der Waals surface area (Å²) in [5.74, 6) is 0.143. The Balaban J connectivity index is 1.61. The summed E-state index contributed by atoms with van der Waals surface area (Å²) in [5.41, 5.74) is 4.13. The average molecular weight is 382 g/mol. The number of nitrogens with one attached hydrogen (secondary N) is 1. The summed E-state index contributed by atoms with van der Waals surface area (Å²) >= 11 is 0. The Morgan fingerprint density at radius 3 is 2.79 bits per heavy atom. The van der Waals surface area contributed by atoms with Crippen LogP contribution in [0.5, 0.6) is 5.75 Å². The van der Waals surface area contributed by atoms with E-state index >= 15 is 0 Å². The molecule has 2 aromatic carbocycles. The van der Waals surface area contributed by atoms with Crippen LogP contribution in [0.2, 0.25) is 0 Å². The van der Waals surface area contributed by atoms with E-state index in [1.54, 1.807) is 12.1 Å². The molecule has 1 aromatic heterocycles. The van der Waals surface area contributed by atoms with Crippen LogP contribution < -0.4 is 10.1 Å². The van der Waals surface area contributed by atoms with Crippen molar-refractivity contribution in [2.75, 3.05) is 0 Å². The first kappa shape index (κ1) is 18.3. The third kappa shape index (κ3) is 4.27. The molecule has 4 nitrogen and oxygen atoms in total. The van der Waals surface area contributed by atoms with Gasteiger partial charge in [0.1, 0.15) is 5.75 Å². The van der Waals surface area contributed by atoms with Gasteiger partial charge >= 0.3 is 6.61 Å². The molecule has 0 spiro atoms. The Bertz CT molecular complexity index is 1030. The topological polar surface area (TPSA) is 51.2 Å². The Kier molecular flexibility index (Phi) is 4.94. The third-order valence-electron chi connectivity index (χ3n) is 4.74. The summed E-state index contributed by atoms with van der Waals surface area (Å²) in [7, 11) is 0. The van der Waals surface area contributed by atoms with Gasteiger partial charge in [-0.1, -0.05) is 18.2 Å². The second kappa shape index (κ2) is 7.54. The summed E-state index contributed by atoms with van der Waals surface area (Å²) in [6.07, 6.45) is 2.48. The first-order valence-corrected chi connectivity index (χ1v) is 9.23. The molecule has 0 unspecified atom stereocenters. The summed E-state index contributed by atoms with van der Waals surface area (Å²) in [4.78, 5) is 16.7. The molecule has 4 rings (SSSR count). The molecule has 0 atom stereocenters. The minimum absolute atomic E-state index is 0.0416. The van der Waals surface area contributed by atoms with E-state index in [0.29, 0.717) is 23.7 Å². The van der Waals surface area contributed by atoms with Crippen molar-refractivity contribution >= 4 is 16.8 Å². The molecular weight excluding hydrogens is 362 g/mol. The van der Waals surface area contributed by atoms with Gasteiger partial charge in [-0.05, 0) is 61.2 Å². The van der Waals surface area contributed by atoms with Crippen LogP contribution in [0.1, 0.15) is 24.0 Å². The number of nitrogens with zero attached hydrogens (tertiary/aromatic N) is 1. The average Bonchev–Trinajstić information content (AvgIpc) is 3.45. The molecule has 0 aliphatic heterocycles. The van der Waals surface area contributed by atoms with Crippen molar-refractivity contribution in [3.63, 3.8) is 0 Å². The van der Waals surface area contributed by atoms with Gasteiger partial charge in [-0.3, -0.25) is 4.79 Å². The molecular formula is C22H20F2N2O2. The van der Waals surface area contributed by atoms with Gasteiger partial charge in [-0.25, -0.2) is 4.98 Å². The third-order valence-corrected chi connectivity index (χ3v) is 4.74. The van der Waals surface area contributed by atoms with Crippen LogP contribution in [-0.4, -0.2) is 23.5 Å². The number of aromatic nitrogens is 1. The predicted molar refractivity (Wildman–Crippen MR) is 103 cm³/mol. The van der Waals surface area contributed by atoms with Crippen LogP contribution in [-0.2, 0) is 11.2 Å². The SMILES string of the molecule is Cc1cc(-c2cccc(OC(F)F)c2)nc2ccc(CC(=O)NC3CC3)cc12. The van der Waals surface area contributed by atoms with Crippen molar-refractivity contribution in [1.82, 2.24) is 10.3 Å². The van der Waals surface area contributed by atoms with Gasteiger partial charge in [0, 0.05) is 17.0 Å². The molecule has 1 heterocycles. The lowest BCUT2D eigenvalue weighted by Crippen LogP contribution is -2.26. The number of pyridine rings is 1. The maximum atomic E-state index is 12.5. The molecule has 1 fully saturated rings. The first-order valence-electron chi connectivity index (χ1n) is 9.23. The van der Waals surface area contributed by atoms with Gasteiger partial charge in [-0.15, -0.1) is 0 Å². The largest absolute Gasteiger partial charge is 0.435 e. The zero-order chi connectivity index (χ0) is 19.7. The van der Waals surface area contributed by atoms with Crippen molar-refractivity contribution in [2.45, 2.75) is 38.8 Å². The molecule has 1 aliphatic rings. The van der Waals surface area contributed by atoms with Crippen LogP contribution in [0, 0.1) is 6.92 Å². The maximum Gasteiger partial charge on any atom is 0.387 e. The molecule has 0 radical (unpaired) electrons. The van der Waals surface area contributed by atoms with Crippen LogP contribution >= 0.6 is 0 Å². The second-order valence-corrected chi connectivity index (χ2v) is 7.10. The summed E-state index contributed by atoms with van der Waals surface area (Å²) in [5, 5.41) is 3.97. The number of halogens is 2. The van der Waals surface area contributed by atoms with E-state index < -0.39 is 6.61 Å². The van der Waals surface area contributed by atoms with Crippen molar-refractivity contribution in [1.29, 1.82) is 0 Å². The number of aryl methyl sites for hydroxylation is 1. The quantitative estimate of drug-likeness (QED) is 0.676. The summed E-state index contributed by atoms with van der Waals surface area (Å²) in [6, 6.07) is 14.6. The predicted octanol–water partition coefficient (Wildman–Crippen LogP) is 4.63. The highest BCUT2D eigenvalue weighted by Gasteiger charge is 2.23. The summed E-state index contributed by atoms with van der Waals surface area (Å²) in [6.45, 7) is -0.891. The Labute approximate surface area is 161 Å². The molecule has 144 valence electrons. The number of amides is 1. The number of fused-ring (bicyclic) bond motifs is 1. The number of ether oxygens (including phenoxy) is 1. The highest BCUT2D eigenvalue weighted by molar-refractivity contribution is 5.87. The number of hydrogen-bond acceptors (Lipinski definition) is 3. The molecule has 3 aromatic rings. The van der Waals surface area contributed by atoms with Gasteiger partial charge < -0.3 is 10.1 Å². The molecule has 1 N–H and O–H groups in total. The summed E-state index contributed by atoms with van der Waals surface area (Å²) < 4.78 is 29.4. The number of alkyl halides is 2. The zero-order valence-electron chi connectivity index (χ0n) is 15.4. The number of hydrogen-bond donors (Lipinski definition) is 1. The molecule has 1 saturated carbocycles. The molecule has 1 aliphatic carbocycles. The molecule has 6 heteroatoms. The van der Waals surface area contributed by atoms with Gasteiger partial charge in [0.25, 0.3) is 0 Å². The monoisotopic (exact) mass is 382 g/mol. The first-order chi connectivity index (χ1) is 13.5. The fourth-order valence-corrected chi connectivity index (χ4v) is 3.22. The normalized spacial score (nSPS) is 13.7. The number of benzene rings is 2. The standard InChI is InChI=1S/C22H20F2N2O2/c1-13-9-20(15-3-2-4-17(12-15)28-22(23)24)26-19-8-5-14(10-18(13)19)11-21(27)25-16-6-7-16/h2-5,8-10,12,16,22H,6-7,11H2,1H3,(H,25,27). The Hall–Kier alpha value is -3.02. The number of rotatable bonds is 6. The van der Waals surface area contributed by atoms with Gasteiger partial charge in [0.15, 0.2) is 0 Å². The molecule has 0 bridgehead atoms. The smallest absolute Gasteiger partial charge is 0.387 e. The van der Waals surface area contributed by atoms with E-state index in [-0.39, 0.29) is 11.7 Å². The molecule has 1 amide bonds. The van der Waals surface area contributed by atoms with Gasteiger partial charge in [0.2, 0.25) is 5.91 Å². The van der Waals surface area contributed by atoms with Crippen molar-refractivity contribution in [2.24, 2.45) is 0 Å². The Morgan fingerprint density at radius 2 is 2.04 bits per heavy atom. The lowest BCUT2D eigenvalue weighted by molar-refractivity contribution is -0.120. The van der Waals surface area contributed by atoms with Gasteiger partial charge in [-0.2, -0.15) is 8.78 Å². The molecule has 0 saturated heterocycles. The fraction of sp³-hybridized carbons (Fsp3) is 0.273. The van der Waals surface area contributed by atoms with Crippen LogP contribution in [0.15, 0.2) is 48.5 Å². The van der Waals surface area contributed by atoms with Crippen LogP contribution in [0.25, 0.3) is 22.2 Å². The van der Waals surface area contributed by atoms with Crippen molar-refractivity contribution in [3.05, 3.63) is 59.7 Å². The Morgan fingerprint density at radius 1 is 1.21 bits per heavy atom. The van der Waals surface area contributed by atoms with E-state index in [1.165, 1.54) is 6.07 Å². The van der Waals surface area contributed by atoms with Crippen LogP contribution in [0.3, 0.4) is 0 Å². The van der Waals surface area contributed by atoms with Crippen molar-refractivity contribution < 1.29 is 18.3 Å². The highest BCUT2D eigenvalue weighted by Crippen LogP contribution is 2.28. The highest BCUT2D eigenvalue weighted by atomic mass is 19.3. The fourth-order valence-electron chi connectivity index (χ4n) is 3.22. The van der Waals surface area contributed by atoms with E-state index in [9.17, 15) is 13.6 Å². The van der Waals surface area contributed by atoms with Gasteiger partial charge in [0.05, 0.1) is 17.6 Å². The lowest BCUT2D eigenvalue weighted by atomic mass is 10.0. The van der Waals surface area contributed by atoms with E-state index in [4.69, 9.17) is 0 Å².